The summed E-state index contributed by atoms with van der Waals surface area (Å²) in [7, 11) is 0. The topological polar surface area (TPSA) is 159 Å². The Hall–Kier alpha value is -0.770. The molecule has 0 saturated heterocycles. The number of rotatable bonds is 12. The zero-order valence-corrected chi connectivity index (χ0v) is 13.7. The summed E-state index contributed by atoms with van der Waals surface area (Å²) in [6.07, 6.45) is 0.859. The maximum Gasteiger partial charge on any atom is 0.303 e. The van der Waals surface area contributed by atoms with E-state index in [-0.39, 0.29) is 0 Å². The highest BCUT2D eigenvalue weighted by Gasteiger charge is 2.29. The molecule has 0 aliphatic rings. The second-order valence-electron chi connectivity index (χ2n) is 5.39. The molecule has 0 fully saturated rings. The van der Waals surface area contributed by atoms with Gasteiger partial charge >= 0.3 is 5.97 Å². The Morgan fingerprint density at radius 3 is 1.52 bits per heavy atom. The number of carboxylic acid groups (broad SMARTS) is 1. The lowest BCUT2D eigenvalue weighted by molar-refractivity contribution is -0.137. The summed E-state index contributed by atoms with van der Waals surface area (Å²) in [5.74, 6) is -0.666. The third-order valence-electron chi connectivity index (χ3n) is 3.26. The molecule has 0 rings (SSSR count). The number of aliphatic hydroxyl groups is 6. The van der Waals surface area contributed by atoms with Crippen LogP contribution in [0.15, 0.2) is 0 Å². The molecule has 0 radical (unpaired) electrons. The van der Waals surface area contributed by atoms with Gasteiger partial charge in [0.1, 0.15) is 24.4 Å². The second kappa shape index (κ2) is 16.1. The fraction of sp³-hybridized carbons (Fsp3) is 0.933. The molecule has 0 aromatic carbocycles. The fourth-order valence-electron chi connectivity index (χ4n) is 1.73. The second-order valence-corrected chi connectivity index (χ2v) is 5.39. The Kier molecular flexibility index (Phi) is 17.1. The van der Waals surface area contributed by atoms with Gasteiger partial charge in [0, 0.05) is 6.42 Å². The Balaban J connectivity index is 0. The predicted molar refractivity (Wildman–Crippen MR) is 83.8 cm³/mol. The average molecular weight is 340 g/mol. The van der Waals surface area contributed by atoms with Crippen molar-refractivity contribution in [1.29, 1.82) is 0 Å². The first-order valence-corrected chi connectivity index (χ1v) is 7.97. The van der Waals surface area contributed by atoms with Crippen molar-refractivity contribution < 1.29 is 40.5 Å². The maximum atomic E-state index is 10.1. The highest BCUT2D eigenvalue weighted by molar-refractivity contribution is 5.66. The number of hydrogen-bond acceptors (Lipinski definition) is 7. The van der Waals surface area contributed by atoms with E-state index in [0.29, 0.717) is 6.42 Å². The molecule has 0 aliphatic heterocycles. The van der Waals surface area contributed by atoms with Gasteiger partial charge in [-0.05, 0) is 6.42 Å². The molecule has 0 aromatic heterocycles. The van der Waals surface area contributed by atoms with Crippen LogP contribution in [0.1, 0.15) is 51.9 Å². The van der Waals surface area contributed by atoms with Crippen molar-refractivity contribution in [2.45, 2.75) is 76.3 Å². The van der Waals surface area contributed by atoms with Crippen LogP contribution in [-0.4, -0.2) is 79.3 Å². The number of unbranched alkanes of at least 4 members (excludes halogenated alkanes) is 5. The maximum absolute atomic E-state index is 10.1. The molecule has 7 N–H and O–H groups in total. The molecule has 0 saturated carbocycles. The molecule has 4 atom stereocenters. The van der Waals surface area contributed by atoms with E-state index in [4.69, 9.17) is 35.7 Å². The van der Waals surface area contributed by atoms with Crippen molar-refractivity contribution >= 4 is 5.97 Å². The number of aliphatic hydroxyl groups excluding tert-OH is 6. The van der Waals surface area contributed by atoms with E-state index >= 15 is 0 Å². The number of aliphatic carboxylic acids is 1. The van der Waals surface area contributed by atoms with E-state index in [0.717, 1.165) is 12.8 Å². The van der Waals surface area contributed by atoms with E-state index in [1.54, 1.807) is 0 Å². The highest BCUT2D eigenvalue weighted by Crippen LogP contribution is 2.06. The number of carboxylic acids is 1. The Labute approximate surface area is 137 Å². The molecule has 140 valence electrons. The van der Waals surface area contributed by atoms with Gasteiger partial charge in [-0.25, -0.2) is 0 Å². The van der Waals surface area contributed by atoms with Crippen molar-refractivity contribution in [1.82, 2.24) is 0 Å². The Morgan fingerprint density at radius 2 is 1.17 bits per heavy atom. The first-order chi connectivity index (χ1) is 10.8. The SMILES string of the molecule is CCCCCCCCC(=O)O.OC[C@@H](O)[C@@H](O)[C@H](O)[C@@H](O)CO. The minimum atomic E-state index is -1.67. The average Bonchev–Trinajstić information content (AvgIpc) is 2.55. The van der Waals surface area contributed by atoms with Gasteiger partial charge in [-0.3, -0.25) is 4.79 Å². The van der Waals surface area contributed by atoms with Gasteiger partial charge in [0.05, 0.1) is 13.2 Å². The van der Waals surface area contributed by atoms with Gasteiger partial charge in [-0.2, -0.15) is 0 Å². The minimum absolute atomic E-state index is 0.339. The molecule has 0 spiro atoms. The van der Waals surface area contributed by atoms with Crippen molar-refractivity contribution in [2.24, 2.45) is 0 Å². The van der Waals surface area contributed by atoms with Crippen LogP contribution < -0.4 is 0 Å². The molecular formula is C15H32O8. The monoisotopic (exact) mass is 340 g/mol. The summed E-state index contributed by atoms with van der Waals surface area (Å²) in [5.41, 5.74) is 0. The van der Waals surface area contributed by atoms with Crippen molar-refractivity contribution in [3.63, 3.8) is 0 Å². The van der Waals surface area contributed by atoms with Crippen molar-refractivity contribution in [3.05, 3.63) is 0 Å². The molecular weight excluding hydrogens is 308 g/mol. The fourth-order valence-corrected chi connectivity index (χ4v) is 1.73. The summed E-state index contributed by atoms with van der Waals surface area (Å²) in [5, 5.41) is 60.5. The highest BCUT2D eigenvalue weighted by atomic mass is 16.4. The smallest absolute Gasteiger partial charge is 0.303 e. The molecule has 0 amide bonds. The molecule has 0 aromatic rings. The van der Waals surface area contributed by atoms with Crippen LogP contribution in [0.2, 0.25) is 0 Å². The molecule has 8 nitrogen and oxygen atoms in total. The van der Waals surface area contributed by atoms with Crippen LogP contribution in [0.3, 0.4) is 0 Å². The lowest BCUT2D eigenvalue weighted by Gasteiger charge is -2.24. The number of carbonyl (C=O) groups is 1. The van der Waals surface area contributed by atoms with Crippen LogP contribution >= 0.6 is 0 Å². The molecule has 0 aliphatic carbocycles. The lowest BCUT2D eigenvalue weighted by atomic mass is 10.0. The van der Waals surface area contributed by atoms with Crippen molar-refractivity contribution in [2.75, 3.05) is 13.2 Å². The first-order valence-electron chi connectivity index (χ1n) is 7.97. The molecule has 0 unspecified atom stereocenters. The van der Waals surface area contributed by atoms with E-state index in [1.165, 1.54) is 25.7 Å². The van der Waals surface area contributed by atoms with Crippen LogP contribution in [0.25, 0.3) is 0 Å². The Morgan fingerprint density at radius 1 is 0.783 bits per heavy atom. The zero-order valence-electron chi connectivity index (χ0n) is 13.7. The normalized spacial score (nSPS) is 16.0. The molecule has 8 heteroatoms. The summed E-state index contributed by atoms with van der Waals surface area (Å²) < 4.78 is 0. The summed E-state index contributed by atoms with van der Waals surface area (Å²) in [6.45, 7) is 0.726. The molecule has 0 heterocycles. The van der Waals surface area contributed by atoms with Crippen LogP contribution in [-0.2, 0) is 4.79 Å². The van der Waals surface area contributed by atoms with Gasteiger partial charge in [0.25, 0.3) is 0 Å². The molecule has 23 heavy (non-hydrogen) atoms. The minimum Gasteiger partial charge on any atom is -0.481 e. The van der Waals surface area contributed by atoms with E-state index in [1.807, 2.05) is 0 Å². The standard InChI is InChI=1S/C9H18O2.C6H14O6/c1-2-3-4-5-6-7-8-9(10)11;7-1-3(9)5(11)6(12)4(10)2-8/h2-8H2,1H3,(H,10,11);3-12H,1-2H2/t;3-,4+,5-,6-/m.1/s1. The number of hydrogen-bond donors (Lipinski definition) is 7. The van der Waals surface area contributed by atoms with Gasteiger partial charge in [0.15, 0.2) is 0 Å². The van der Waals surface area contributed by atoms with Crippen LogP contribution in [0, 0.1) is 0 Å². The first kappa shape index (κ1) is 24.5. The van der Waals surface area contributed by atoms with Crippen LogP contribution in [0.5, 0.6) is 0 Å². The van der Waals surface area contributed by atoms with E-state index in [2.05, 4.69) is 6.92 Å². The van der Waals surface area contributed by atoms with Gasteiger partial charge < -0.3 is 35.7 Å². The third kappa shape index (κ3) is 14.5. The quantitative estimate of drug-likeness (QED) is 0.228. The van der Waals surface area contributed by atoms with E-state index < -0.39 is 43.6 Å². The zero-order chi connectivity index (χ0) is 18.3. The lowest BCUT2D eigenvalue weighted by Crippen LogP contribution is -2.46. The molecule has 0 bridgehead atoms. The third-order valence-corrected chi connectivity index (χ3v) is 3.26. The largest absolute Gasteiger partial charge is 0.481 e. The van der Waals surface area contributed by atoms with Crippen molar-refractivity contribution in [3.8, 4) is 0 Å². The van der Waals surface area contributed by atoms with Gasteiger partial charge in [-0.15, -0.1) is 0 Å². The van der Waals surface area contributed by atoms with Gasteiger partial charge in [-0.1, -0.05) is 39.0 Å². The van der Waals surface area contributed by atoms with Gasteiger partial charge in [0.2, 0.25) is 0 Å². The predicted octanol–water partition coefficient (Wildman–Crippen LogP) is -0.764. The Bertz CT molecular complexity index is 260. The summed E-state index contributed by atoms with van der Waals surface area (Å²) in [4.78, 5) is 10.1. The summed E-state index contributed by atoms with van der Waals surface area (Å²) in [6, 6.07) is 0. The summed E-state index contributed by atoms with van der Waals surface area (Å²) >= 11 is 0. The van der Waals surface area contributed by atoms with Crippen LogP contribution in [0.4, 0.5) is 0 Å². The van der Waals surface area contributed by atoms with E-state index in [9.17, 15) is 4.79 Å².